The van der Waals surface area contributed by atoms with Gasteiger partial charge in [-0.2, -0.15) is 0 Å². The van der Waals surface area contributed by atoms with Gasteiger partial charge in [-0.1, -0.05) is 0 Å². The van der Waals surface area contributed by atoms with Crippen molar-refractivity contribution in [3.05, 3.63) is 52.1 Å². The van der Waals surface area contributed by atoms with Gasteiger partial charge in [0.2, 0.25) is 0 Å². The number of imidazole rings is 1. The topological polar surface area (TPSA) is 73.8 Å². The maximum Gasteiger partial charge on any atom is 0.279 e. The first-order chi connectivity index (χ1) is 9.97. The van der Waals surface area contributed by atoms with Crippen LogP contribution in [0.25, 0.3) is 22.2 Å². The third kappa shape index (κ3) is 2.14. The Hall–Kier alpha value is -2.76. The summed E-state index contributed by atoms with van der Waals surface area (Å²) in [6.07, 6.45) is 1.66. The van der Waals surface area contributed by atoms with E-state index in [-0.39, 0.29) is 10.6 Å². The SMILES string of the molecule is Cc1cc(-c2cc3c(cc2[N+](=O)[O-])nc(C)n3C)ccn1. The van der Waals surface area contributed by atoms with Gasteiger partial charge in [0, 0.05) is 25.0 Å². The van der Waals surface area contributed by atoms with Gasteiger partial charge in [0.25, 0.3) is 5.69 Å². The highest BCUT2D eigenvalue weighted by Crippen LogP contribution is 2.34. The van der Waals surface area contributed by atoms with E-state index in [1.54, 1.807) is 12.3 Å². The Labute approximate surface area is 121 Å². The standard InChI is InChI=1S/C15H14N4O2/c1-9-6-11(4-5-16-9)12-7-15-13(8-14(12)19(20)21)17-10(2)18(15)3/h4-8H,1-3H3. The molecule has 2 heterocycles. The van der Waals surface area contributed by atoms with Crippen LogP contribution in [0, 0.1) is 24.0 Å². The molecule has 106 valence electrons. The number of nitro benzene ring substituents is 1. The predicted molar refractivity (Wildman–Crippen MR) is 80.1 cm³/mol. The molecule has 0 radical (unpaired) electrons. The summed E-state index contributed by atoms with van der Waals surface area (Å²) >= 11 is 0. The molecular formula is C15H14N4O2. The Balaban J connectivity index is 2.36. The molecule has 0 unspecified atom stereocenters. The fraction of sp³-hybridized carbons (Fsp3) is 0.200. The molecule has 0 N–H and O–H groups in total. The van der Waals surface area contributed by atoms with Crippen molar-refractivity contribution in [1.82, 2.24) is 14.5 Å². The number of nitro groups is 1. The highest BCUT2D eigenvalue weighted by atomic mass is 16.6. The number of benzene rings is 1. The van der Waals surface area contributed by atoms with E-state index < -0.39 is 0 Å². The van der Waals surface area contributed by atoms with Crippen molar-refractivity contribution in [1.29, 1.82) is 0 Å². The van der Waals surface area contributed by atoms with Crippen LogP contribution in [0.3, 0.4) is 0 Å². The third-order valence-electron chi connectivity index (χ3n) is 3.63. The Morgan fingerprint density at radius 1 is 1.24 bits per heavy atom. The van der Waals surface area contributed by atoms with Crippen LogP contribution in [-0.4, -0.2) is 19.5 Å². The number of nitrogens with zero attached hydrogens (tertiary/aromatic N) is 4. The molecule has 3 aromatic rings. The zero-order valence-corrected chi connectivity index (χ0v) is 12.0. The first-order valence-electron chi connectivity index (χ1n) is 6.52. The van der Waals surface area contributed by atoms with Crippen molar-refractivity contribution in [3.63, 3.8) is 0 Å². The molecule has 1 aromatic carbocycles. The molecule has 6 nitrogen and oxygen atoms in total. The lowest BCUT2D eigenvalue weighted by molar-refractivity contribution is -0.384. The molecule has 0 spiro atoms. The highest BCUT2D eigenvalue weighted by molar-refractivity contribution is 5.88. The van der Waals surface area contributed by atoms with Gasteiger partial charge in [-0.05, 0) is 37.6 Å². The highest BCUT2D eigenvalue weighted by Gasteiger charge is 2.19. The maximum atomic E-state index is 11.4. The van der Waals surface area contributed by atoms with Crippen LogP contribution in [0.15, 0.2) is 30.5 Å². The van der Waals surface area contributed by atoms with Crippen molar-refractivity contribution in [2.24, 2.45) is 7.05 Å². The van der Waals surface area contributed by atoms with Gasteiger partial charge in [0.05, 0.1) is 21.5 Å². The Kier molecular flexibility index (Phi) is 2.94. The number of aromatic nitrogens is 3. The lowest BCUT2D eigenvalue weighted by Gasteiger charge is -2.05. The number of hydrogen-bond donors (Lipinski definition) is 0. The quantitative estimate of drug-likeness (QED) is 0.534. The van der Waals surface area contributed by atoms with E-state index >= 15 is 0 Å². The average Bonchev–Trinajstić information content (AvgIpc) is 2.72. The zero-order valence-electron chi connectivity index (χ0n) is 12.0. The number of aryl methyl sites for hydroxylation is 3. The molecule has 0 saturated carbocycles. The summed E-state index contributed by atoms with van der Waals surface area (Å²) in [7, 11) is 1.90. The van der Waals surface area contributed by atoms with E-state index in [4.69, 9.17) is 0 Å². The van der Waals surface area contributed by atoms with Crippen molar-refractivity contribution >= 4 is 16.7 Å². The van der Waals surface area contributed by atoms with Crippen molar-refractivity contribution in [2.45, 2.75) is 13.8 Å². The fourth-order valence-electron chi connectivity index (χ4n) is 2.44. The number of pyridine rings is 1. The van der Waals surface area contributed by atoms with Crippen LogP contribution in [-0.2, 0) is 7.05 Å². The summed E-state index contributed by atoms with van der Waals surface area (Å²) < 4.78 is 1.93. The summed E-state index contributed by atoms with van der Waals surface area (Å²) in [4.78, 5) is 19.5. The Morgan fingerprint density at radius 3 is 2.67 bits per heavy atom. The summed E-state index contributed by atoms with van der Waals surface area (Å²) in [5, 5.41) is 11.4. The van der Waals surface area contributed by atoms with Crippen LogP contribution < -0.4 is 0 Å². The monoisotopic (exact) mass is 282 g/mol. The predicted octanol–water partition coefficient (Wildman–Crippen LogP) is 3.16. The molecule has 0 aliphatic carbocycles. The number of hydrogen-bond acceptors (Lipinski definition) is 4. The van der Waals surface area contributed by atoms with E-state index in [0.29, 0.717) is 11.1 Å². The van der Waals surface area contributed by atoms with Gasteiger partial charge in [-0.25, -0.2) is 4.98 Å². The molecule has 0 fully saturated rings. The van der Waals surface area contributed by atoms with E-state index in [1.165, 1.54) is 6.07 Å². The zero-order chi connectivity index (χ0) is 15.1. The molecule has 0 amide bonds. The second-order valence-electron chi connectivity index (χ2n) is 5.02. The van der Waals surface area contributed by atoms with Gasteiger partial charge in [-0.15, -0.1) is 0 Å². The second kappa shape index (κ2) is 4.66. The molecule has 0 aliphatic heterocycles. The van der Waals surface area contributed by atoms with Gasteiger partial charge < -0.3 is 4.57 Å². The molecule has 6 heteroatoms. The Bertz CT molecular complexity index is 867. The number of rotatable bonds is 2. The van der Waals surface area contributed by atoms with E-state index in [1.807, 2.05) is 37.6 Å². The van der Waals surface area contributed by atoms with Crippen LogP contribution in [0.1, 0.15) is 11.5 Å². The van der Waals surface area contributed by atoms with Crippen LogP contribution in [0.5, 0.6) is 0 Å². The van der Waals surface area contributed by atoms with Gasteiger partial charge in [0.1, 0.15) is 5.82 Å². The molecule has 2 aromatic heterocycles. The largest absolute Gasteiger partial charge is 0.331 e. The molecule has 3 rings (SSSR count). The summed E-state index contributed by atoms with van der Waals surface area (Å²) in [6, 6.07) is 6.98. The molecule has 0 aliphatic rings. The Morgan fingerprint density at radius 2 is 2.00 bits per heavy atom. The van der Waals surface area contributed by atoms with Crippen LogP contribution >= 0.6 is 0 Å². The lowest BCUT2D eigenvalue weighted by atomic mass is 10.0. The summed E-state index contributed by atoms with van der Waals surface area (Å²) in [5.41, 5.74) is 3.77. The first-order valence-corrected chi connectivity index (χ1v) is 6.52. The lowest BCUT2D eigenvalue weighted by Crippen LogP contribution is -1.95. The van der Waals surface area contributed by atoms with Crippen LogP contribution in [0.2, 0.25) is 0 Å². The van der Waals surface area contributed by atoms with Gasteiger partial charge in [-0.3, -0.25) is 15.1 Å². The van der Waals surface area contributed by atoms with Crippen LogP contribution in [0.4, 0.5) is 5.69 Å². The molecule has 0 atom stereocenters. The summed E-state index contributed by atoms with van der Waals surface area (Å²) in [5.74, 6) is 0.822. The first kappa shape index (κ1) is 13.2. The summed E-state index contributed by atoms with van der Waals surface area (Å²) in [6.45, 7) is 3.74. The van der Waals surface area contributed by atoms with Gasteiger partial charge in [0.15, 0.2) is 0 Å². The average molecular weight is 282 g/mol. The second-order valence-corrected chi connectivity index (χ2v) is 5.02. The van der Waals surface area contributed by atoms with E-state index in [2.05, 4.69) is 9.97 Å². The van der Waals surface area contributed by atoms with Crippen molar-refractivity contribution in [2.75, 3.05) is 0 Å². The molecule has 21 heavy (non-hydrogen) atoms. The van der Waals surface area contributed by atoms with E-state index in [9.17, 15) is 10.1 Å². The minimum Gasteiger partial charge on any atom is -0.331 e. The van der Waals surface area contributed by atoms with Gasteiger partial charge >= 0.3 is 0 Å². The number of fused-ring (bicyclic) bond motifs is 1. The third-order valence-corrected chi connectivity index (χ3v) is 3.63. The minimum absolute atomic E-state index is 0.0613. The smallest absolute Gasteiger partial charge is 0.279 e. The molecule has 0 bridgehead atoms. The fourth-order valence-corrected chi connectivity index (χ4v) is 2.44. The minimum atomic E-state index is -0.367. The normalized spacial score (nSPS) is 11.0. The van der Waals surface area contributed by atoms with E-state index in [0.717, 1.165) is 22.6 Å². The molecule has 0 saturated heterocycles. The van der Waals surface area contributed by atoms with Crippen molar-refractivity contribution < 1.29 is 4.92 Å². The molecular weight excluding hydrogens is 268 g/mol. The van der Waals surface area contributed by atoms with Crippen molar-refractivity contribution in [3.8, 4) is 11.1 Å². The maximum absolute atomic E-state index is 11.4.